The van der Waals surface area contributed by atoms with Gasteiger partial charge in [0.1, 0.15) is 19.2 Å². The number of nitrogens with one attached hydrogen (secondary N) is 1. The molecule has 0 aromatic carbocycles. The van der Waals surface area contributed by atoms with Crippen LogP contribution in [0.2, 0.25) is 0 Å². The van der Waals surface area contributed by atoms with Crippen LogP contribution >= 0.6 is 0 Å². The van der Waals surface area contributed by atoms with Crippen molar-refractivity contribution in [2.75, 3.05) is 6.54 Å². The van der Waals surface area contributed by atoms with Gasteiger partial charge in [0.15, 0.2) is 0 Å². The van der Waals surface area contributed by atoms with Gasteiger partial charge in [-0.25, -0.2) is 9.67 Å². The third-order valence-electron chi connectivity index (χ3n) is 2.18. The summed E-state index contributed by atoms with van der Waals surface area (Å²) >= 11 is 0. The molecule has 1 rings (SSSR count). The summed E-state index contributed by atoms with van der Waals surface area (Å²) in [4.78, 5) is 15.3. The van der Waals surface area contributed by atoms with Crippen molar-refractivity contribution in [3.63, 3.8) is 0 Å². The predicted octanol–water partition coefficient (Wildman–Crippen LogP) is -0.622. The Morgan fingerprint density at radius 3 is 2.80 bits per heavy atom. The minimum atomic E-state index is -0.0929. The lowest BCUT2D eigenvalue weighted by Gasteiger charge is -2.20. The zero-order valence-corrected chi connectivity index (χ0v) is 9.05. The molecule has 1 atom stereocenters. The molecule has 6 nitrogen and oxygen atoms in total. The average Bonchev–Trinajstić information content (AvgIpc) is 2.66. The van der Waals surface area contributed by atoms with E-state index in [9.17, 15) is 4.79 Å². The van der Waals surface area contributed by atoms with Gasteiger partial charge in [-0.1, -0.05) is 13.8 Å². The van der Waals surface area contributed by atoms with Crippen molar-refractivity contribution < 1.29 is 4.79 Å². The van der Waals surface area contributed by atoms with Gasteiger partial charge in [0.2, 0.25) is 5.91 Å². The molecule has 0 bridgehead atoms. The minimum Gasteiger partial charge on any atom is -0.350 e. The molecule has 1 amide bonds. The second-order valence-electron chi connectivity index (χ2n) is 3.75. The Hall–Kier alpha value is -1.43. The van der Waals surface area contributed by atoms with Crippen molar-refractivity contribution in [1.29, 1.82) is 0 Å². The van der Waals surface area contributed by atoms with Gasteiger partial charge in [0.05, 0.1) is 0 Å². The monoisotopic (exact) mass is 211 g/mol. The smallest absolute Gasteiger partial charge is 0.242 e. The van der Waals surface area contributed by atoms with E-state index in [2.05, 4.69) is 15.4 Å². The number of hydrogen-bond donors (Lipinski definition) is 2. The van der Waals surface area contributed by atoms with E-state index in [1.54, 1.807) is 0 Å². The Labute approximate surface area is 88.9 Å². The Bertz CT molecular complexity index is 295. The molecule has 0 saturated heterocycles. The molecule has 6 heteroatoms. The molecule has 0 aliphatic carbocycles. The summed E-state index contributed by atoms with van der Waals surface area (Å²) in [5, 5.41) is 6.70. The Morgan fingerprint density at radius 1 is 1.60 bits per heavy atom. The maximum absolute atomic E-state index is 11.5. The zero-order valence-electron chi connectivity index (χ0n) is 9.05. The van der Waals surface area contributed by atoms with Crippen molar-refractivity contribution in [3.8, 4) is 0 Å². The molecule has 84 valence electrons. The van der Waals surface area contributed by atoms with E-state index in [0.717, 1.165) is 0 Å². The predicted molar refractivity (Wildman–Crippen MR) is 55.8 cm³/mol. The summed E-state index contributed by atoms with van der Waals surface area (Å²) in [6, 6.07) is 0.0148. The van der Waals surface area contributed by atoms with Crippen LogP contribution in [-0.4, -0.2) is 33.3 Å². The molecule has 0 fully saturated rings. The van der Waals surface area contributed by atoms with Crippen LogP contribution in [0.3, 0.4) is 0 Å². The van der Waals surface area contributed by atoms with E-state index < -0.39 is 0 Å². The van der Waals surface area contributed by atoms with Crippen LogP contribution in [0.1, 0.15) is 13.8 Å². The molecule has 15 heavy (non-hydrogen) atoms. The number of nitrogens with zero attached hydrogens (tertiary/aromatic N) is 3. The quantitative estimate of drug-likeness (QED) is 0.679. The van der Waals surface area contributed by atoms with E-state index >= 15 is 0 Å². The lowest BCUT2D eigenvalue weighted by Crippen LogP contribution is -2.44. The second-order valence-corrected chi connectivity index (χ2v) is 3.75. The van der Waals surface area contributed by atoms with Crippen molar-refractivity contribution in [1.82, 2.24) is 20.1 Å². The lowest BCUT2D eigenvalue weighted by molar-refractivity contribution is -0.122. The Balaban J connectivity index is 2.41. The number of amides is 1. The molecule has 3 N–H and O–H groups in total. The fraction of sp³-hybridized carbons (Fsp3) is 0.667. The molecule has 1 heterocycles. The van der Waals surface area contributed by atoms with Crippen LogP contribution in [-0.2, 0) is 11.3 Å². The number of carbonyl (C=O) groups is 1. The molecule has 0 spiro atoms. The van der Waals surface area contributed by atoms with Gasteiger partial charge in [0.25, 0.3) is 0 Å². The van der Waals surface area contributed by atoms with Crippen molar-refractivity contribution >= 4 is 5.91 Å². The van der Waals surface area contributed by atoms with Crippen molar-refractivity contribution in [2.45, 2.75) is 26.4 Å². The molecule has 1 aromatic rings. The minimum absolute atomic E-state index is 0.0148. The fourth-order valence-electron chi connectivity index (χ4n) is 1.21. The number of nitrogens with two attached hydrogens (primary N) is 1. The molecular weight excluding hydrogens is 194 g/mol. The van der Waals surface area contributed by atoms with Gasteiger partial charge < -0.3 is 11.1 Å². The zero-order chi connectivity index (χ0) is 11.3. The molecule has 0 saturated carbocycles. The lowest BCUT2D eigenvalue weighted by atomic mass is 10.1. The van der Waals surface area contributed by atoms with Gasteiger partial charge >= 0.3 is 0 Å². The summed E-state index contributed by atoms with van der Waals surface area (Å²) in [5.41, 5.74) is 5.55. The van der Waals surface area contributed by atoms with Gasteiger partial charge in [-0.15, -0.1) is 0 Å². The van der Waals surface area contributed by atoms with E-state index in [1.165, 1.54) is 17.3 Å². The standard InChI is InChI=1S/C9H17N5O/c1-7(2)8(3-10)13-9(15)4-14-6-11-5-12-14/h5-8H,3-4,10H2,1-2H3,(H,13,15). The highest BCUT2D eigenvalue weighted by molar-refractivity contribution is 5.75. The molecule has 1 unspecified atom stereocenters. The third-order valence-corrected chi connectivity index (χ3v) is 2.18. The third kappa shape index (κ3) is 3.67. The highest BCUT2D eigenvalue weighted by atomic mass is 16.2. The first-order valence-electron chi connectivity index (χ1n) is 4.95. The summed E-state index contributed by atoms with van der Waals surface area (Å²) in [6.45, 7) is 4.67. The van der Waals surface area contributed by atoms with Crippen LogP contribution in [0, 0.1) is 5.92 Å². The van der Waals surface area contributed by atoms with Crippen LogP contribution in [0.25, 0.3) is 0 Å². The van der Waals surface area contributed by atoms with Crippen molar-refractivity contribution in [3.05, 3.63) is 12.7 Å². The normalized spacial score (nSPS) is 12.8. The summed E-state index contributed by atoms with van der Waals surface area (Å²) < 4.78 is 1.48. The van der Waals surface area contributed by atoms with Gasteiger partial charge in [0, 0.05) is 12.6 Å². The molecule has 0 aliphatic rings. The van der Waals surface area contributed by atoms with Gasteiger partial charge in [-0.3, -0.25) is 4.79 Å². The van der Waals surface area contributed by atoms with E-state index in [1.807, 2.05) is 13.8 Å². The van der Waals surface area contributed by atoms with Crippen molar-refractivity contribution in [2.24, 2.45) is 11.7 Å². The Kier molecular flexibility index (Phi) is 4.23. The van der Waals surface area contributed by atoms with E-state index in [0.29, 0.717) is 12.5 Å². The highest BCUT2D eigenvalue weighted by Gasteiger charge is 2.14. The van der Waals surface area contributed by atoms with Crippen LogP contribution in [0.4, 0.5) is 0 Å². The largest absolute Gasteiger partial charge is 0.350 e. The van der Waals surface area contributed by atoms with E-state index in [4.69, 9.17) is 5.73 Å². The number of rotatable bonds is 5. The Morgan fingerprint density at radius 2 is 2.33 bits per heavy atom. The van der Waals surface area contributed by atoms with Crippen LogP contribution in [0.15, 0.2) is 12.7 Å². The number of carbonyl (C=O) groups excluding carboxylic acids is 1. The SMILES string of the molecule is CC(C)C(CN)NC(=O)Cn1cncn1. The molecular formula is C9H17N5O. The van der Waals surface area contributed by atoms with Gasteiger partial charge in [-0.2, -0.15) is 5.10 Å². The van der Waals surface area contributed by atoms with Gasteiger partial charge in [-0.05, 0) is 5.92 Å². The average molecular weight is 211 g/mol. The first kappa shape index (κ1) is 11.6. The maximum atomic E-state index is 11.5. The number of aromatic nitrogens is 3. The summed E-state index contributed by atoms with van der Waals surface area (Å²) in [5.74, 6) is 0.236. The first-order chi connectivity index (χ1) is 7.13. The molecule has 0 aliphatic heterocycles. The van der Waals surface area contributed by atoms with Crippen LogP contribution < -0.4 is 11.1 Å². The summed E-state index contributed by atoms with van der Waals surface area (Å²) in [7, 11) is 0. The topological polar surface area (TPSA) is 85.8 Å². The number of hydrogen-bond acceptors (Lipinski definition) is 4. The highest BCUT2D eigenvalue weighted by Crippen LogP contribution is 1.99. The van der Waals surface area contributed by atoms with E-state index in [-0.39, 0.29) is 18.5 Å². The summed E-state index contributed by atoms with van der Waals surface area (Å²) in [6.07, 6.45) is 2.91. The molecule has 0 radical (unpaired) electrons. The first-order valence-corrected chi connectivity index (χ1v) is 4.95. The molecule has 1 aromatic heterocycles. The second kappa shape index (κ2) is 5.45. The fourth-order valence-corrected chi connectivity index (χ4v) is 1.21. The van der Waals surface area contributed by atoms with Crippen LogP contribution in [0.5, 0.6) is 0 Å². The maximum Gasteiger partial charge on any atom is 0.242 e.